The summed E-state index contributed by atoms with van der Waals surface area (Å²) in [4.78, 5) is 19.8. The molecule has 2 rings (SSSR count). The maximum atomic E-state index is 11.4. The molecule has 1 aromatic rings. The molecular formula is C12H16BrN3O2. The van der Waals surface area contributed by atoms with Crippen molar-refractivity contribution in [3.8, 4) is 0 Å². The highest BCUT2D eigenvalue weighted by Gasteiger charge is 2.26. The van der Waals surface area contributed by atoms with Crippen LogP contribution in [-0.2, 0) is 9.53 Å². The second kappa shape index (κ2) is 6.13. The first-order chi connectivity index (χ1) is 8.69. The van der Waals surface area contributed by atoms with E-state index in [2.05, 4.69) is 31.2 Å². The Morgan fingerprint density at radius 1 is 1.33 bits per heavy atom. The van der Waals surface area contributed by atoms with Gasteiger partial charge in [-0.1, -0.05) is 0 Å². The van der Waals surface area contributed by atoms with Gasteiger partial charge in [0.05, 0.1) is 17.5 Å². The minimum Gasteiger partial charge on any atom is -0.469 e. The Morgan fingerprint density at radius 2 is 1.94 bits per heavy atom. The van der Waals surface area contributed by atoms with E-state index in [1.54, 1.807) is 12.4 Å². The number of aromatic nitrogens is 2. The Morgan fingerprint density at radius 3 is 2.50 bits per heavy atom. The molecule has 5 nitrogen and oxygen atoms in total. The molecule has 1 fully saturated rings. The van der Waals surface area contributed by atoms with Crippen LogP contribution in [0, 0.1) is 5.92 Å². The van der Waals surface area contributed by atoms with Crippen LogP contribution in [-0.4, -0.2) is 29.1 Å². The lowest BCUT2D eigenvalue weighted by Crippen LogP contribution is -2.30. The van der Waals surface area contributed by atoms with Crippen molar-refractivity contribution in [2.75, 3.05) is 12.4 Å². The third-order valence-electron chi connectivity index (χ3n) is 3.22. The Hall–Kier alpha value is -1.17. The van der Waals surface area contributed by atoms with Crippen molar-refractivity contribution in [3.63, 3.8) is 0 Å². The topological polar surface area (TPSA) is 64.1 Å². The number of carbonyl (C=O) groups excluding carboxylic acids is 1. The average Bonchev–Trinajstić information content (AvgIpc) is 2.41. The van der Waals surface area contributed by atoms with Crippen molar-refractivity contribution in [2.24, 2.45) is 5.92 Å². The van der Waals surface area contributed by atoms with E-state index in [9.17, 15) is 4.79 Å². The van der Waals surface area contributed by atoms with Crippen LogP contribution in [0.2, 0.25) is 0 Å². The fourth-order valence-electron chi connectivity index (χ4n) is 2.21. The number of nitrogens with one attached hydrogen (secondary N) is 1. The molecule has 0 aliphatic heterocycles. The fourth-order valence-corrected chi connectivity index (χ4v) is 2.41. The van der Waals surface area contributed by atoms with Gasteiger partial charge in [-0.25, -0.2) is 9.97 Å². The van der Waals surface area contributed by atoms with Gasteiger partial charge in [0, 0.05) is 18.4 Å². The predicted molar refractivity (Wildman–Crippen MR) is 71.1 cm³/mol. The molecule has 1 aliphatic carbocycles. The van der Waals surface area contributed by atoms with Crippen LogP contribution in [0.15, 0.2) is 16.9 Å². The van der Waals surface area contributed by atoms with E-state index < -0.39 is 0 Å². The number of esters is 1. The maximum Gasteiger partial charge on any atom is 0.308 e. The van der Waals surface area contributed by atoms with E-state index in [1.165, 1.54) is 7.11 Å². The zero-order valence-corrected chi connectivity index (χ0v) is 11.8. The number of anilines is 1. The van der Waals surface area contributed by atoms with Gasteiger partial charge in [0.1, 0.15) is 0 Å². The third-order valence-corrected chi connectivity index (χ3v) is 3.62. The number of hydrogen-bond donors (Lipinski definition) is 1. The van der Waals surface area contributed by atoms with E-state index >= 15 is 0 Å². The van der Waals surface area contributed by atoms with Crippen molar-refractivity contribution >= 4 is 27.8 Å². The summed E-state index contributed by atoms with van der Waals surface area (Å²) in [5.41, 5.74) is 0. The van der Waals surface area contributed by atoms with Crippen LogP contribution < -0.4 is 5.32 Å². The highest BCUT2D eigenvalue weighted by molar-refractivity contribution is 9.10. The molecule has 6 heteroatoms. The van der Waals surface area contributed by atoms with Gasteiger partial charge in [0.2, 0.25) is 5.95 Å². The van der Waals surface area contributed by atoms with Crippen molar-refractivity contribution in [1.82, 2.24) is 9.97 Å². The quantitative estimate of drug-likeness (QED) is 0.868. The average molecular weight is 314 g/mol. The molecule has 0 bridgehead atoms. The van der Waals surface area contributed by atoms with Gasteiger partial charge in [0.25, 0.3) is 0 Å². The van der Waals surface area contributed by atoms with Crippen LogP contribution in [0.1, 0.15) is 25.7 Å². The predicted octanol–water partition coefficient (Wildman–Crippen LogP) is 2.38. The minimum absolute atomic E-state index is 0.0545. The standard InChI is InChI=1S/C12H16BrN3O2/c1-18-11(17)8-2-4-10(5-3-8)16-12-14-6-9(13)7-15-12/h6-8,10H,2-5H2,1H3,(H,14,15,16). The molecule has 0 radical (unpaired) electrons. The van der Waals surface area contributed by atoms with Crippen molar-refractivity contribution in [2.45, 2.75) is 31.7 Å². The highest BCUT2D eigenvalue weighted by Crippen LogP contribution is 2.26. The van der Waals surface area contributed by atoms with Crippen molar-refractivity contribution < 1.29 is 9.53 Å². The molecule has 98 valence electrons. The monoisotopic (exact) mass is 313 g/mol. The zero-order chi connectivity index (χ0) is 13.0. The minimum atomic E-state index is -0.0895. The van der Waals surface area contributed by atoms with Gasteiger partial charge in [-0.3, -0.25) is 4.79 Å². The third kappa shape index (κ3) is 3.41. The number of ether oxygens (including phenoxy) is 1. The number of carbonyl (C=O) groups is 1. The number of halogens is 1. The normalized spacial score (nSPS) is 23.4. The molecule has 1 saturated carbocycles. The number of rotatable bonds is 3. The SMILES string of the molecule is COC(=O)C1CCC(Nc2ncc(Br)cn2)CC1. The van der Waals surface area contributed by atoms with Gasteiger partial charge in [0.15, 0.2) is 0 Å². The second-order valence-electron chi connectivity index (χ2n) is 4.44. The Labute approximate surface area is 114 Å². The summed E-state index contributed by atoms with van der Waals surface area (Å²) >= 11 is 3.30. The van der Waals surface area contributed by atoms with E-state index in [4.69, 9.17) is 4.74 Å². The second-order valence-corrected chi connectivity index (χ2v) is 5.36. The van der Waals surface area contributed by atoms with Crippen LogP contribution in [0.5, 0.6) is 0 Å². The summed E-state index contributed by atoms with van der Waals surface area (Å²) in [7, 11) is 1.45. The lowest BCUT2D eigenvalue weighted by atomic mass is 9.86. The lowest BCUT2D eigenvalue weighted by Gasteiger charge is -2.27. The Balaban J connectivity index is 1.83. The number of methoxy groups -OCH3 is 1. The van der Waals surface area contributed by atoms with Gasteiger partial charge in [-0.15, -0.1) is 0 Å². The summed E-state index contributed by atoms with van der Waals surface area (Å²) in [6, 6.07) is 0.340. The van der Waals surface area contributed by atoms with Crippen molar-refractivity contribution in [1.29, 1.82) is 0 Å². The Kier molecular flexibility index (Phi) is 4.52. The van der Waals surface area contributed by atoms with E-state index in [-0.39, 0.29) is 11.9 Å². The van der Waals surface area contributed by atoms with E-state index in [0.29, 0.717) is 12.0 Å². The largest absolute Gasteiger partial charge is 0.469 e. The van der Waals surface area contributed by atoms with Gasteiger partial charge in [-0.05, 0) is 41.6 Å². The molecule has 0 unspecified atom stereocenters. The lowest BCUT2D eigenvalue weighted by molar-refractivity contribution is -0.146. The number of hydrogen-bond acceptors (Lipinski definition) is 5. The first kappa shape index (κ1) is 13.3. The molecule has 1 aromatic heterocycles. The molecule has 0 spiro atoms. The van der Waals surface area contributed by atoms with Crippen LogP contribution in [0.4, 0.5) is 5.95 Å². The van der Waals surface area contributed by atoms with Gasteiger partial charge in [-0.2, -0.15) is 0 Å². The first-order valence-electron chi connectivity index (χ1n) is 6.01. The summed E-state index contributed by atoms with van der Waals surface area (Å²) in [6.07, 6.45) is 7.05. The summed E-state index contributed by atoms with van der Waals surface area (Å²) in [6.45, 7) is 0. The van der Waals surface area contributed by atoms with Gasteiger partial charge >= 0.3 is 5.97 Å². The molecule has 0 aromatic carbocycles. The molecule has 0 amide bonds. The van der Waals surface area contributed by atoms with Crippen molar-refractivity contribution in [3.05, 3.63) is 16.9 Å². The molecule has 0 atom stereocenters. The highest BCUT2D eigenvalue weighted by atomic mass is 79.9. The zero-order valence-electron chi connectivity index (χ0n) is 10.2. The molecule has 1 N–H and O–H groups in total. The van der Waals surface area contributed by atoms with Crippen LogP contribution in [0.25, 0.3) is 0 Å². The van der Waals surface area contributed by atoms with E-state index in [1.807, 2.05) is 0 Å². The van der Waals surface area contributed by atoms with Crippen LogP contribution >= 0.6 is 15.9 Å². The molecular weight excluding hydrogens is 298 g/mol. The summed E-state index contributed by atoms with van der Waals surface area (Å²) in [5.74, 6) is 0.604. The number of nitrogens with zero attached hydrogens (tertiary/aromatic N) is 2. The molecule has 1 heterocycles. The van der Waals surface area contributed by atoms with Gasteiger partial charge < -0.3 is 10.1 Å². The molecule has 18 heavy (non-hydrogen) atoms. The Bertz CT molecular complexity index is 402. The van der Waals surface area contributed by atoms with Crippen LogP contribution in [0.3, 0.4) is 0 Å². The summed E-state index contributed by atoms with van der Waals surface area (Å²) in [5, 5.41) is 3.29. The molecule has 0 saturated heterocycles. The fraction of sp³-hybridized carbons (Fsp3) is 0.583. The van der Waals surface area contributed by atoms with E-state index in [0.717, 1.165) is 30.2 Å². The molecule has 1 aliphatic rings. The summed E-state index contributed by atoms with van der Waals surface area (Å²) < 4.78 is 5.63. The maximum absolute atomic E-state index is 11.4. The first-order valence-corrected chi connectivity index (χ1v) is 6.80. The smallest absolute Gasteiger partial charge is 0.308 e.